The van der Waals surface area contributed by atoms with E-state index in [0.717, 1.165) is 92.9 Å². The number of alkyl halides is 1. The first kappa shape index (κ1) is 44.3. The molecule has 0 aliphatic rings. The maximum absolute atomic E-state index is 13.2. The molecule has 0 unspecified atom stereocenters. The summed E-state index contributed by atoms with van der Waals surface area (Å²) in [5.41, 5.74) is 15.8. The second-order valence-corrected chi connectivity index (χ2v) is 13.8. The highest BCUT2D eigenvalue weighted by Gasteiger charge is 2.06. The van der Waals surface area contributed by atoms with Crippen molar-refractivity contribution >= 4 is 46.1 Å². The number of imidazole rings is 2. The summed E-state index contributed by atoms with van der Waals surface area (Å²) in [6.45, 7) is 3.19. The van der Waals surface area contributed by atoms with Crippen molar-refractivity contribution in [2.24, 2.45) is 12.8 Å². The Labute approximate surface area is 354 Å². The molecule has 0 bridgehead atoms. The largest absolute Gasteiger partial charge is 0.492 e. The molecule has 2 aromatic heterocycles. The second kappa shape index (κ2) is 23.0. The number of aromatic amines is 1. The zero-order valence-corrected chi connectivity index (χ0v) is 34.4. The van der Waals surface area contributed by atoms with E-state index in [-0.39, 0.29) is 24.0 Å². The van der Waals surface area contributed by atoms with Crippen LogP contribution in [0.1, 0.15) is 11.1 Å². The van der Waals surface area contributed by atoms with Crippen molar-refractivity contribution < 1.29 is 18.3 Å². The topological polar surface area (TPSA) is 103 Å². The number of H-pyrrole nitrogens is 1. The number of nitrogens with two attached hydrogens (primary N) is 1. The van der Waals surface area contributed by atoms with Gasteiger partial charge in [0.2, 0.25) is 0 Å². The number of halogens is 4. The minimum absolute atomic E-state index is 0. The third-order valence-electron chi connectivity index (χ3n) is 9.18. The molecular formula is C47H48Cl2F2N6O2. The maximum Gasteiger partial charge on any atom is 0.123 e. The van der Waals surface area contributed by atoms with Gasteiger partial charge in [-0.1, -0.05) is 60.7 Å². The van der Waals surface area contributed by atoms with E-state index < -0.39 is 0 Å². The lowest BCUT2D eigenvalue weighted by molar-refractivity contribution is 0.314. The van der Waals surface area contributed by atoms with Crippen LogP contribution >= 0.6 is 24.0 Å². The van der Waals surface area contributed by atoms with E-state index in [1.807, 2.05) is 78.6 Å². The van der Waals surface area contributed by atoms with E-state index >= 15 is 0 Å². The fraction of sp³-hybridized carbons (Fsp3) is 0.191. The van der Waals surface area contributed by atoms with Gasteiger partial charge in [-0.3, -0.25) is 0 Å². The number of fused-ring (bicyclic) bond motifs is 2. The van der Waals surface area contributed by atoms with E-state index in [2.05, 4.69) is 56.7 Å². The van der Waals surface area contributed by atoms with Crippen molar-refractivity contribution in [3.8, 4) is 33.8 Å². The molecular weight excluding hydrogens is 789 g/mol. The van der Waals surface area contributed by atoms with Gasteiger partial charge in [-0.15, -0.1) is 24.0 Å². The summed E-state index contributed by atoms with van der Waals surface area (Å²) in [6.07, 6.45) is 5.07. The van der Waals surface area contributed by atoms with E-state index in [9.17, 15) is 8.78 Å². The Morgan fingerprint density at radius 3 is 1.90 bits per heavy atom. The molecule has 8 rings (SSSR count). The summed E-state index contributed by atoms with van der Waals surface area (Å²) >= 11 is 5.64. The highest BCUT2D eigenvalue weighted by molar-refractivity contribution is 6.18. The first-order valence-electron chi connectivity index (χ1n) is 19.1. The summed E-state index contributed by atoms with van der Waals surface area (Å²) in [4.78, 5) is 11.7. The van der Waals surface area contributed by atoms with Gasteiger partial charge in [0.1, 0.15) is 36.3 Å². The van der Waals surface area contributed by atoms with Crippen LogP contribution in [-0.4, -0.2) is 58.2 Å². The van der Waals surface area contributed by atoms with Crippen LogP contribution < -0.4 is 20.5 Å². The van der Waals surface area contributed by atoms with Crippen LogP contribution in [0, 0.1) is 11.6 Å². The molecule has 0 aliphatic carbocycles. The minimum Gasteiger partial charge on any atom is -0.492 e. The highest BCUT2D eigenvalue weighted by atomic mass is 35.5. The summed E-state index contributed by atoms with van der Waals surface area (Å²) in [6, 6.07) is 41.8. The van der Waals surface area contributed by atoms with E-state index in [0.29, 0.717) is 25.6 Å². The third-order valence-corrected chi connectivity index (χ3v) is 9.33. The predicted octanol–water partition coefficient (Wildman–Crippen LogP) is 10.2. The highest BCUT2D eigenvalue weighted by Crippen LogP contribution is 2.28. The molecule has 0 amide bonds. The SMILES string of the molecule is Cl.Cn1cnc2ccc(-c3cccc(OCCCl)c3)cc21.Fc1cccc(CCNCCOc2cccc(-c3ccc4nc[nH]c4c3)c2)c1.NCCc1cccc(F)c1. The van der Waals surface area contributed by atoms with Crippen molar-refractivity contribution in [1.82, 2.24) is 24.8 Å². The van der Waals surface area contributed by atoms with Crippen LogP contribution in [-0.2, 0) is 19.9 Å². The first-order valence-corrected chi connectivity index (χ1v) is 19.7. The fourth-order valence-corrected chi connectivity index (χ4v) is 6.34. The van der Waals surface area contributed by atoms with Crippen LogP contribution in [0.3, 0.4) is 0 Å². The number of hydrogen-bond acceptors (Lipinski definition) is 6. The number of aryl methyl sites for hydroxylation is 1. The number of hydrogen-bond donors (Lipinski definition) is 3. The number of nitrogens with zero attached hydrogens (tertiary/aromatic N) is 3. The van der Waals surface area contributed by atoms with Gasteiger partial charge in [-0.2, -0.15) is 0 Å². The number of aromatic nitrogens is 4. The zero-order valence-electron chi connectivity index (χ0n) is 32.8. The molecule has 12 heteroatoms. The lowest BCUT2D eigenvalue weighted by atomic mass is 10.0. The molecule has 4 N–H and O–H groups in total. The van der Waals surface area contributed by atoms with Gasteiger partial charge in [0.15, 0.2) is 0 Å². The molecule has 0 saturated heterocycles. The Morgan fingerprint density at radius 2 is 1.25 bits per heavy atom. The minimum atomic E-state index is -0.189. The summed E-state index contributed by atoms with van der Waals surface area (Å²) in [7, 11) is 2.00. The summed E-state index contributed by atoms with van der Waals surface area (Å²) < 4.78 is 39.1. The number of nitrogens with one attached hydrogen (secondary N) is 2. The number of ether oxygens (including phenoxy) is 2. The average Bonchev–Trinajstić information content (AvgIpc) is 3.88. The van der Waals surface area contributed by atoms with Crippen LogP contribution in [0.5, 0.6) is 11.5 Å². The number of benzene rings is 6. The predicted molar refractivity (Wildman–Crippen MR) is 239 cm³/mol. The lowest BCUT2D eigenvalue weighted by Crippen LogP contribution is -2.23. The van der Waals surface area contributed by atoms with Gasteiger partial charge in [-0.25, -0.2) is 18.7 Å². The van der Waals surface area contributed by atoms with E-state index in [4.69, 9.17) is 26.8 Å². The van der Waals surface area contributed by atoms with Crippen LogP contribution in [0.4, 0.5) is 8.78 Å². The average molecular weight is 838 g/mol. The summed E-state index contributed by atoms with van der Waals surface area (Å²) in [5.74, 6) is 1.80. The normalized spacial score (nSPS) is 10.6. The zero-order chi connectivity index (χ0) is 40.5. The van der Waals surface area contributed by atoms with Gasteiger partial charge < -0.3 is 30.1 Å². The molecule has 8 aromatic rings. The molecule has 0 aliphatic heterocycles. The Kier molecular flexibility index (Phi) is 17.3. The van der Waals surface area contributed by atoms with E-state index in [1.165, 1.54) is 18.2 Å². The smallest absolute Gasteiger partial charge is 0.123 e. The Bertz CT molecular complexity index is 2510. The molecule has 0 spiro atoms. The van der Waals surface area contributed by atoms with Gasteiger partial charge in [0.05, 0.1) is 40.6 Å². The maximum atomic E-state index is 13.2. The molecule has 0 atom stereocenters. The quantitative estimate of drug-likeness (QED) is 0.0745. The molecule has 2 heterocycles. The standard InChI is InChI=1S/C23H22FN3O.C16H15ClN2O.C8H10FN.ClH/c24-20-5-1-3-17(13-20)9-10-25-11-12-28-21-6-2-4-18(14-21)19-7-8-22-23(15-19)27-16-26-22;1-19-11-18-15-6-5-13(10-16(15)19)12-3-2-4-14(9-12)20-8-7-17;9-8-3-1-2-7(6-8)4-5-10;/h1-8,13-16,25H,9-12H2,(H,26,27);2-6,9-11H,7-8H2,1H3;1-3,6H,4-5,10H2;1H. The monoisotopic (exact) mass is 836 g/mol. The van der Waals surface area contributed by atoms with Crippen molar-refractivity contribution in [2.45, 2.75) is 12.8 Å². The molecule has 0 saturated carbocycles. The molecule has 0 fully saturated rings. The fourth-order valence-electron chi connectivity index (χ4n) is 6.26. The van der Waals surface area contributed by atoms with Crippen LogP contribution in [0.25, 0.3) is 44.3 Å². The second-order valence-electron chi connectivity index (χ2n) is 13.4. The van der Waals surface area contributed by atoms with Crippen LogP contribution in [0.2, 0.25) is 0 Å². The van der Waals surface area contributed by atoms with Gasteiger partial charge >= 0.3 is 0 Å². The first-order chi connectivity index (χ1) is 28.4. The third kappa shape index (κ3) is 13.4. The van der Waals surface area contributed by atoms with Crippen molar-refractivity contribution in [3.05, 3.63) is 169 Å². The van der Waals surface area contributed by atoms with Gasteiger partial charge in [-0.05, 0) is 132 Å². The Balaban J connectivity index is 0.000000186. The van der Waals surface area contributed by atoms with Crippen molar-refractivity contribution in [1.29, 1.82) is 0 Å². The van der Waals surface area contributed by atoms with Crippen molar-refractivity contribution in [2.75, 3.05) is 38.7 Å². The lowest BCUT2D eigenvalue weighted by Gasteiger charge is -2.09. The molecule has 0 radical (unpaired) electrons. The van der Waals surface area contributed by atoms with E-state index in [1.54, 1.807) is 24.5 Å². The Hall–Kier alpha value is -5.78. The summed E-state index contributed by atoms with van der Waals surface area (Å²) in [5, 5.41) is 3.33. The van der Waals surface area contributed by atoms with Crippen LogP contribution in [0.15, 0.2) is 146 Å². The molecule has 8 nitrogen and oxygen atoms in total. The Morgan fingerprint density at radius 1 is 0.661 bits per heavy atom. The molecule has 306 valence electrons. The molecule has 59 heavy (non-hydrogen) atoms. The number of rotatable bonds is 14. The van der Waals surface area contributed by atoms with Gasteiger partial charge in [0.25, 0.3) is 0 Å². The van der Waals surface area contributed by atoms with Crippen molar-refractivity contribution in [3.63, 3.8) is 0 Å². The van der Waals surface area contributed by atoms with Gasteiger partial charge in [0, 0.05) is 13.6 Å². The molecule has 6 aromatic carbocycles.